The van der Waals surface area contributed by atoms with Crippen molar-refractivity contribution in [3.8, 4) is 0 Å². The van der Waals surface area contributed by atoms with Gasteiger partial charge in [-0.3, -0.25) is 4.72 Å². The molecule has 3 N–H and O–H groups in total. The van der Waals surface area contributed by atoms with Gasteiger partial charge in [-0.05, 0) is 17.5 Å². The maximum absolute atomic E-state index is 12.3. The van der Waals surface area contributed by atoms with E-state index in [4.69, 9.17) is 5.73 Å². The van der Waals surface area contributed by atoms with Gasteiger partial charge in [0.05, 0.1) is 5.69 Å². The Balaban J connectivity index is 3.17. The number of hydrogen-bond acceptors (Lipinski definition) is 3. The zero-order valence-electron chi connectivity index (χ0n) is 10.4. The molecule has 0 unspecified atom stereocenters. The summed E-state index contributed by atoms with van der Waals surface area (Å²) in [5.74, 6) is -0.0449. The standard InChI is InChI=1S/C11H15F3N2O2S/c1-7(2)10(15)8-5-3-4-6-9(8)16-19(17,18)11(12,13)14/h3-7,10,16H,15H2,1-2H3/t10-/m1/s1. The first kappa shape index (κ1) is 15.8. The van der Waals surface area contributed by atoms with Gasteiger partial charge in [-0.15, -0.1) is 0 Å². The zero-order valence-corrected chi connectivity index (χ0v) is 11.2. The van der Waals surface area contributed by atoms with E-state index in [0.717, 1.165) is 0 Å². The Hall–Kier alpha value is -1.28. The number of nitrogens with two attached hydrogens (primary N) is 1. The number of hydrogen-bond donors (Lipinski definition) is 2. The second kappa shape index (κ2) is 5.38. The van der Waals surface area contributed by atoms with Crippen molar-refractivity contribution in [2.75, 3.05) is 4.72 Å². The third-order valence-corrected chi connectivity index (χ3v) is 3.69. The summed E-state index contributed by atoms with van der Waals surface area (Å²) in [4.78, 5) is 0. The second-order valence-corrected chi connectivity index (χ2v) is 6.08. The fraction of sp³-hybridized carbons (Fsp3) is 0.455. The summed E-state index contributed by atoms with van der Waals surface area (Å²) in [5.41, 5.74) is 0.664. The van der Waals surface area contributed by atoms with E-state index in [-0.39, 0.29) is 11.6 Å². The predicted molar refractivity (Wildman–Crippen MR) is 66.8 cm³/mol. The largest absolute Gasteiger partial charge is 0.516 e. The quantitative estimate of drug-likeness (QED) is 0.897. The molecule has 0 bridgehead atoms. The van der Waals surface area contributed by atoms with Crippen LogP contribution in [0.5, 0.6) is 0 Å². The molecule has 1 atom stereocenters. The zero-order chi connectivity index (χ0) is 14.8. The molecule has 0 fully saturated rings. The average Bonchev–Trinajstić information content (AvgIpc) is 2.26. The normalized spacial score (nSPS) is 14.5. The molecule has 0 aliphatic rings. The average molecular weight is 296 g/mol. The molecule has 0 aromatic heterocycles. The molecule has 108 valence electrons. The minimum atomic E-state index is -5.44. The van der Waals surface area contributed by atoms with Crippen molar-refractivity contribution in [1.29, 1.82) is 0 Å². The van der Waals surface area contributed by atoms with Crippen molar-refractivity contribution < 1.29 is 21.6 Å². The monoisotopic (exact) mass is 296 g/mol. The number of alkyl halides is 3. The minimum absolute atomic E-state index is 0.0449. The van der Waals surface area contributed by atoms with Crippen molar-refractivity contribution in [2.45, 2.75) is 25.4 Å². The van der Waals surface area contributed by atoms with Gasteiger partial charge in [-0.25, -0.2) is 0 Å². The number of halogens is 3. The summed E-state index contributed by atoms with van der Waals surface area (Å²) in [5, 5.41) is 0. The van der Waals surface area contributed by atoms with E-state index in [0.29, 0.717) is 5.56 Å². The van der Waals surface area contributed by atoms with Crippen LogP contribution in [0.1, 0.15) is 25.5 Å². The minimum Gasteiger partial charge on any atom is -0.324 e. The lowest BCUT2D eigenvalue weighted by atomic mass is 9.96. The van der Waals surface area contributed by atoms with Gasteiger partial charge in [-0.2, -0.15) is 21.6 Å². The Morgan fingerprint density at radius 3 is 2.21 bits per heavy atom. The van der Waals surface area contributed by atoms with Gasteiger partial charge in [0, 0.05) is 6.04 Å². The summed E-state index contributed by atoms with van der Waals surface area (Å²) in [6, 6.07) is 5.21. The Bertz CT molecular complexity index is 541. The third-order valence-electron chi connectivity index (χ3n) is 2.59. The highest BCUT2D eigenvalue weighted by Crippen LogP contribution is 2.30. The van der Waals surface area contributed by atoms with Crippen LogP contribution in [0.3, 0.4) is 0 Å². The molecule has 4 nitrogen and oxygen atoms in total. The highest BCUT2D eigenvalue weighted by atomic mass is 32.2. The Kier molecular flexibility index (Phi) is 4.46. The van der Waals surface area contributed by atoms with E-state index >= 15 is 0 Å². The summed E-state index contributed by atoms with van der Waals surface area (Å²) < 4.78 is 60.7. The first-order chi connectivity index (χ1) is 8.56. The SMILES string of the molecule is CC(C)[C@@H](N)c1ccccc1NS(=O)(=O)C(F)(F)F. The highest BCUT2D eigenvalue weighted by molar-refractivity contribution is 7.93. The summed E-state index contributed by atoms with van der Waals surface area (Å²) in [6.07, 6.45) is 0. The van der Waals surface area contributed by atoms with Crippen molar-refractivity contribution in [3.63, 3.8) is 0 Å². The molecule has 0 aliphatic carbocycles. The fourth-order valence-electron chi connectivity index (χ4n) is 1.44. The molecule has 0 amide bonds. The molecule has 0 heterocycles. The number of rotatable bonds is 4. The van der Waals surface area contributed by atoms with Gasteiger partial charge < -0.3 is 5.73 Å². The maximum atomic E-state index is 12.3. The Morgan fingerprint density at radius 2 is 1.74 bits per heavy atom. The lowest BCUT2D eigenvalue weighted by molar-refractivity contribution is -0.0429. The van der Waals surface area contributed by atoms with Gasteiger partial charge in [-0.1, -0.05) is 32.0 Å². The maximum Gasteiger partial charge on any atom is 0.516 e. The number of sulfonamides is 1. The molecule has 0 aliphatic heterocycles. The summed E-state index contributed by atoms with van der Waals surface area (Å²) in [7, 11) is -5.44. The molecule has 1 aromatic rings. The Labute approximate surface area is 109 Å². The van der Waals surface area contributed by atoms with Crippen molar-refractivity contribution in [2.24, 2.45) is 11.7 Å². The molecule has 1 rings (SSSR count). The summed E-state index contributed by atoms with van der Waals surface area (Å²) >= 11 is 0. The molecule has 0 saturated heterocycles. The van der Waals surface area contributed by atoms with Crippen LogP contribution < -0.4 is 10.5 Å². The van der Waals surface area contributed by atoms with Gasteiger partial charge in [0.25, 0.3) is 0 Å². The van der Waals surface area contributed by atoms with Crippen LogP contribution in [0.4, 0.5) is 18.9 Å². The third kappa shape index (κ3) is 3.60. The van der Waals surface area contributed by atoms with E-state index in [1.165, 1.54) is 22.9 Å². The van der Waals surface area contributed by atoms with Gasteiger partial charge in [0.1, 0.15) is 0 Å². The molecule has 19 heavy (non-hydrogen) atoms. The lowest BCUT2D eigenvalue weighted by Crippen LogP contribution is -2.31. The first-order valence-electron chi connectivity index (χ1n) is 5.50. The van der Waals surface area contributed by atoms with Crippen LogP contribution in [-0.2, 0) is 10.0 Å². The van der Waals surface area contributed by atoms with Crippen LogP contribution in [0.25, 0.3) is 0 Å². The lowest BCUT2D eigenvalue weighted by Gasteiger charge is -2.20. The molecule has 1 aromatic carbocycles. The number of benzene rings is 1. The van der Waals surface area contributed by atoms with Crippen LogP contribution in [0, 0.1) is 5.92 Å². The number of anilines is 1. The first-order valence-corrected chi connectivity index (χ1v) is 6.98. The van der Waals surface area contributed by atoms with E-state index in [2.05, 4.69) is 0 Å². The fourth-order valence-corrected chi connectivity index (χ4v) is 2.03. The van der Waals surface area contributed by atoms with Gasteiger partial charge >= 0.3 is 15.5 Å². The second-order valence-electron chi connectivity index (χ2n) is 4.41. The Morgan fingerprint density at radius 1 is 1.21 bits per heavy atom. The van der Waals surface area contributed by atoms with Crippen LogP contribution in [0.15, 0.2) is 24.3 Å². The molecular formula is C11H15F3N2O2S. The number of nitrogens with one attached hydrogen (secondary N) is 1. The van der Waals surface area contributed by atoms with Crippen LogP contribution in [-0.4, -0.2) is 13.9 Å². The van der Waals surface area contributed by atoms with Crippen molar-refractivity contribution in [1.82, 2.24) is 0 Å². The number of para-hydroxylation sites is 1. The van der Waals surface area contributed by atoms with Crippen LogP contribution in [0.2, 0.25) is 0 Å². The van der Waals surface area contributed by atoms with Crippen molar-refractivity contribution >= 4 is 15.7 Å². The van der Waals surface area contributed by atoms with E-state index in [1.807, 2.05) is 0 Å². The molecule has 0 saturated carbocycles. The smallest absolute Gasteiger partial charge is 0.324 e. The molecule has 8 heteroatoms. The van der Waals surface area contributed by atoms with Gasteiger partial charge in [0.15, 0.2) is 0 Å². The van der Waals surface area contributed by atoms with E-state index < -0.39 is 21.6 Å². The molecular weight excluding hydrogens is 281 g/mol. The summed E-state index contributed by atoms with van der Waals surface area (Å²) in [6.45, 7) is 3.58. The van der Waals surface area contributed by atoms with E-state index in [9.17, 15) is 21.6 Å². The van der Waals surface area contributed by atoms with Gasteiger partial charge in [0.2, 0.25) is 0 Å². The van der Waals surface area contributed by atoms with E-state index in [1.54, 1.807) is 19.9 Å². The topological polar surface area (TPSA) is 72.2 Å². The highest BCUT2D eigenvalue weighted by Gasteiger charge is 2.46. The van der Waals surface area contributed by atoms with Crippen LogP contribution >= 0.6 is 0 Å². The van der Waals surface area contributed by atoms with Crippen molar-refractivity contribution in [3.05, 3.63) is 29.8 Å². The predicted octanol–water partition coefficient (Wildman–Crippen LogP) is 2.60. The molecule has 0 spiro atoms. The molecule has 0 radical (unpaired) electrons.